The number of nitrogens with one attached hydrogen (secondary N) is 1. The van der Waals surface area contributed by atoms with Gasteiger partial charge in [0.2, 0.25) is 0 Å². The minimum absolute atomic E-state index is 0.767. The Kier molecular flexibility index (Phi) is 3.88. The molecule has 1 atom stereocenters. The van der Waals surface area contributed by atoms with Crippen LogP contribution in [-0.4, -0.2) is 13.1 Å². The molecular formula is C16H25N. The zero-order valence-corrected chi connectivity index (χ0v) is 11.7. The van der Waals surface area contributed by atoms with E-state index in [1.165, 1.54) is 54.6 Å². The molecule has 1 heterocycles. The molecule has 94 valence electrons. The van der Waals surface area contributed by atoms with Crippen LogP contribution < -0.4 is 5.32 Å². The van der Waals surface area contributed by atoms with Crippen molar-refractivity contribution in [2.24, 2.45) is 0 Å². The Hall–Kier alpha value is -0.820. The third-order valence-electron chi connectivity index (χ3n) is 4.41. The number of aryl methyl sites for hydroxylation is 2. The average molecular weight is 231 g/mol. The summed E-state index contributed by atoms with van der Waals surface area (Å²) in [7, 11) is 0. The Labute approximate surface area is 106 Å². The van der Waals surface area contributed by atoms with Crippen molar-refractivity contribution in [2.75, 3.05) is 13.1 Å². The highest BCUT2D eigenvalue weighted by Crippen LogP contribution is 2.34. The smallest absolute Gasteiger partial charge is 0.00431 e. The van der Waals surface area contributed by atoms with Crippen LogP contribution in [0.2, 0.25) is 0 Å². The minimum Gasteiger partial charge on any atom is -0.317 e. The van der Waals surface area contributed by atoms with Crippen LogP contribution in [0.25, 0.3) is 0 Å². The first-order chi connectivity index (χ1) is 8.11. The van der Waals surface area contributed by atoms with Gasteiger partial charge in [0.1, 0.15) is 0 Å². The second-order valence-electron chi connectivity index (χ2n) is 5.55. The molecule has 17 heavy (non-hydrogen) atoms. The molecule has 1 aliphatic rings. The maximum Gasteiger partial charge on any atom is -0.00431 e. The summed E-state index contributed by atoms with van der Waals surface area (Å²) in [5.41, 5.74) is 7.62. The summed E-state index contributed by atoms with van der Waals surface area (Å²) >= 11 is 0. The van der Waals surface area contributed by atoms with Crippen LogP contribution in [0, 0.1) is 27.7 Å². The molecule has 1 N–H and O–H groups in total. The monoisotopic (exact) mass is 231 g/mol. The zero-order chi connectivity index (χ0) is 12.4. The largest absolute Gasteiger partial charge is 0.317 e. The van der Waals surface area contributed by atoms with Crippen molar-refractivity contribution >= 4 is 0 Å². The summed E-state index contributed by atoms with van der Waals surface area (Å²) in [6.07, 6.45) is 3.96. The molecule has 1 fully saturated rings. The first kappa shape index (κ1) is 12.6. The lowest BCUT2D eigenvalue weighted by molar-refractivity contribution is 0.602. The van der Waals surface area contributed by atoms with Crippen molar-refractivity contribution in [1.82, 2.24) is 5.32 Å². The summed E-state index contributed by atoms with van der Waals surface area (Å²) in [6, 6.07) is 2.34. The van der Waals surface area contributed by atoms with Crippen LogP contribution in [0.1, 0.15) is 53.0 Å². The van der Waals surface area contributed by atoms with E-state index in [0.29, 0.717) is 0 Å². The standard InChI is InChI=1S/C16H25N/c1-11-10-12(2)14(4)16(13(11)3)15-6-5-8-17-9-7-15/h10,15,17H,5-9H2,1-4H3. The van der Waals surface area contributed by atoms with Gasteiger partial charge in [0.05, 0.1) is 0 Å². The number of hydrogen-bond donors (Lipinski definition) is 1. The second-order valence-corrected chi connectivity index (χ2v) is 5.55. The first-order valence-electron chi connectivity index (χ1n) is 6.89. The van der Waals surface area contributed by atoms with E-state index < -0.39 is 0 Å². The third-order valence-corrected chi connectivity index (χ3v) is 4.41. The van der Waals surface area contributed by atoms with Crippen molar-refractivity contribution in [2.45, 2.75) is 52.9 Å². The van der Waals surface area contributed by atoms with Gasteiger partial charge < -0.3 is 5.32 Å². The van der Waals surface area contributed by atoms with Crippen molar-refractivity contribution in [1.29, 1.82) is 0 Å². The van der Waals surface area contributed by atoms with Crippen LogP contribution in [-0.2, 0) is 0 Å². The molecule has 2 rings (SSSR count). The van der Waals surface area contributed by atoms with E-state index in [1.54, 1.807) is 5.56 Å². The van der Waals surface area contributed by atoms with Gasteiger partial charge in [0.15, 0.2) is 0 Å². The zero-order valence-electron chi connectivity index (χ0n) is 11.7. The Balaban J connectivity index is 2.42. The van der Waals surface area contributed by atoms with Gasteiger partial charge in [-0.15, -0.1) is 0 Å². The fourth-order valence-corrected chi connectivity index (χ4v) is 3.17. The number of rotatable bonds is 1. The van der Waals surface area contributed by atoms with E-state index in [9.17, 15) is 0 Å². The summed E-state index contributed by atoms with van der Waals surface area (Å²) in [5.74, 6) is 0.767. The van der Waals surface area contributed by atoms with E-state index in [4.69, 9.17) is 0 Å². The summed E-state index contributed by atoms with van der Waals surface area (Å²) in [5, 5.41) is 3.52. The minimum atomic E-state index is 0.767. The Morgan fingerprint density at radius 1 is 0.941 bits per heavy atom. The van der Waals surface area contributed by atoms with Gasteiger partial charge in [-0.25, -0.2) is 0 Å². The molecule has 0 amide bonds. The fraction of sp³-hybridized carbons (Fsp3) is 0.625. The predicted molar refractivity (Wildman–Crippen MR) is 74.9 cm³/mol. The van der Waals surface area contributed by atoms with E-state index in [0.717, 1.165) is 5.92 Å². The van der Waals surface area contributed by atoms with Crippen LogP contribution >= 0.6 is 0 Å². The molecule has 1 saturated heterocycles. The highest BCUT2D eigenvalue weighted by molar-refractivity contribution is 5.46. The highest BCUT2D eigenvalue weighted by atomic mass is 14.8. The molecular weight excluding hydrogens is 206 g/mol. The van der Waals surface area contributed by atoms with Gasteiger partial charge >= 0.3 is 0 Å². The maximum absolute atomic E-state index is 3.52. The number of hydrogen-bond acceptors (Lipinski definition) is 1. The van der Waals surface area contributed by atoms with Crippen LogP contribution in [0.3, 0.4) is 0 Å². The normalized spacial score (nSPS) is 21.3. The third kappa shape index (κ3) is 2.55. The first-order valence-corrected chi connectivity index (χ1v) is 6.89. The molecule has 0 radical (unpaired) electrons. The topological polar surface area (TPSA) is 12.0 Å². The van der Waals surface area contributed by atoms with E-state index >= 15 is 0 Å². The van der Waals surface area contributed by atoms with Crippen molar-refractivity contribution in [3.8, 4) is 0 Å². The molecule has 1 nitrogen and oxygen atoms in total. The van der Waals surface area contributed by atoms with Gasteiger partial charge in [-0.05, 0) is 93.8 Å². The van der Waals surface area contributed by atoms with Crippen molar-refractivity contribution < 1.29 is 0 Å². The molecule has 0 aromatic heterocycles. The summed E-state index contributed by atoms with van der Waals surface area (Å²) < 4.78 is 0. The van der Waals surface area contributed by atoms with E-state index in [2.05, 4.69) is 39.1 Å². The lowest BCUT2D eigenvalue weighted by Crippen LogP contribution is -2.14. The lowest BCUT2D eigenvalue weighted by atomic mass is 9.82. The molecule has 0 bridgehead atoms. The molecule has 1 aromatic carbocycles. The van der Waals surface area contributed by atoms with Crippen molar-refractivity contribution in [3.05, 3.63) is 33.9 Å². The molecule has 1 unspecified atom stereocenters. The van der Waals surface area contributed by atoms with Gasteiger partial charge in [-0.1, -0.05) is 6.07 Å². The van der Waals surface area contributed by atoms with Gasteiger partial charge in [0.25, 0.3) is 0 Å². The second kappa shape index (κ2) is 5.22. The van der Waals surface area contributed by atoms with Crippen LogP contribution in [0.4, 0.5) is 0 Å². The van der Waals surface area contributed by atoms with Crippen molar-refractivity contribution in [3.63, 3.8) is 0 Å². The van der Waals surface area contributed by atoms with Gasteiger partial charge in [0, 0.05) is 0 Å². The molecule has 1 aliphatic heterocycles. The molecule has 1 aromatic rings. The van der Waals surface area contributed by atoms with E-state index in [-0.39, 0.29) is 0 Å². The Morgan fingerprint density at radius 2 is 1.59 bits per heavy atom. The predicted octanol–water partition coefficient (Wildman–Crippen LogP) is 3.78. The van der Waals surface area contributed by atoms with Crippen LogP contribution in [0.5, 0.6) is 0 Å². The Bertz CT molecular complexity index is 372. The molecule has 1 heteroatoms. The summed E-state index contributed by atoms with van der Waals surface area (Å²) in [6.45, 7) is 11.5. The van der Waals surface area contributed by atoms with E-state index in [1.807, 2.05) is 0 Å². The molecule has 0 saturated carbocycles. The summed E-state index contributed by atoms with van der Waals surface area (Å²) in [4.78, 5) is 0. The highest BCUT2D eigenvalue weighted by Gasteiger charge is 2.19. The Morgan fingerprint density at radius 3 is 2.24 bits per heavy atom. The quantitative estimate of drug-likeness (QED) is 0.775. The number of benzene rings is 1. The molecule has 0 aliphatic carbocycles. The molecule has 0 spiro atoms. The maximum atomic E-state index is 3.52. The van der Waals surface area contributed by atoms with Gasteiger partial charge in [-0.3, -0.25) is 0 Å². The van der Waals surface area contributed by atoms with Crippen LogP contribution in [0.15, 0.2) is 6.07 Å². The lowest BCUT2D eigenvalue weighted by Gasteiger charge is -2.22. The fourth-order valence-electron chi connectivity index (χ4n) is 3.17. The average Bonchev–Trinajstić information content (AvgIpc) is 2.56. The SMILES string of the molecule is Cc1cc(C)c(C)c(C2CCCNCC2)c1C. The van der Waals surface area contributed by atoms with Gasteiger partial charge in [-0.2, -0.15) is 0 Å².